The van der Waals surface area contributed by atoms with Gasteiger partial charge in [-0.25, -0.2) is 0 Å². The third kappa shape index (κ3) is 1.53. The lowest BCUT2D eigenvalue weighted by molar-refractivity contribution is 0.299. The minimum atomic E-state index is 0.114. The van der Waals surface area contributed by atoms with E-state index in [4.69, 9.17) is 16.7 Å². The van der Waals surface area contributed by atoms with Gasteiger partial charge in [-0.1, -0.05) is 11.6 Å². The molecule has 0 aliphatic carbocycles. The second kappa shape index (κ2) is 3.36. The van der Waals surface area contributed by atoms with Crippen LogP contribution in [0.1, 0.15) is 5.56 Å². The summed E-state index contributed by atoms with van der Waals surface area (Å²) < 4.78 is 0. The average Bonchev–Trinajstić information content (AvgIpc) is 2.52. The van der Waals surface area contributed by atoms with Crippen molar-refractivity contribution >= 4 is 22.5 Å². The molecule has 0 radical (unpaired) electrons. The molecule has 2 N–H and O–H groups in total. The maximum Gasteiger partial charge on any atom is 0.0665 e. The molecule has 0 amide bonds. The number of hydrogen-bond acceptors (Lipinski definition) is 2. The number of hydrogen-bond donors (Lipinski definition) is 2. The number of H-pyrrole nitrogens is 1. The second-order valence-electron chi connectivity index (χ2n) is 2.87. The maximum absolute atomic E-state index is 8.78. The fraction of sp³-hybridized carbons (Fsp3) is 0.222. The lowest BCUT2D eigenvalue weighted by Crippen LogP contribution is -1.91. The van der Waals surface area contributed by atoms with Crippen molar-refractivity contribution < 1.29 is 5.11 Å². The zero-order chi connectivity index (χ0) is 9.26. The monoisotopic (exact) mass is 196 g/mol. The molecule has 0 aliphatic heterocycles. The number of nitrogens with one attached hydrogen (secondary N) is 1. The van der Waals surface area contributed by atoms with E-state index in [1.807, 2.05) is 12.1 Å². The number of nitrogens with zero attached hydrogens (tertiary/aromatic N) is 1. The molecule has 2 aromatic rings. The van der Waals surface area contributed by atoms with Crippen molar-refractivity contribution in [3.05, 3.63) is 28.9 Å². The Morgan fingerprint density at radius 3 is 3.08 bits per heavy atom. The quantitative estimate of drug-likeness (QED) is 0.769. The van der Waals surface area contributed by atoms with Crippen LogP contribution in [-0.4, -0.2) is 21.9 Å². The van der Waals surface area contributed by atoms with Gasteiger partial charge >= 0.3 is 0 Å². The molecule has 2 rings (SSSR count). The standard InChI is InChI=1S/C9H9ClN2O/c10-8-4-9-7(5-11-12-9)3-6(8)1-2-13/h3-5,13H,1-2H2,(H,11,12). The molecule has 0 aliphatic rings. The van der Waals surface area contributed by atoms with E-state index in [9.17, 15) is 0 Å². The molecule has 3 nitrogen and oxygen atoms in total. The highest BCUT2D eigenvalue weighted by molar-refractivity contribution is 6.32. The van der Waals surface area contributed by atoms with Crippen LogP contribution in [0.25, 0.3) is 10.9 Å². The predicted octanol–water partition coefficient (Wildman–Crippen LogP) is 1.75. The van der Waals surface area contributed by atoms with Gasteiger partial charge in [-0.15, -0.1) is 0 Å². The SMILES string of the molecule is OCCc1cc2cn[nH]c2cc1Cl. The fourth-order valence-electron chi connectivity index (χ4n) is 1.32. The van der Waals surface area contributed by atoms with E-state index in [-0.39, 0.29) is 6.61 Å². The summed E-state index contributed by atoms with van der Waals surface area (Å²) in [5.74, 6) is 0. The van der Waals surface area contributed by atoms with Crippen molar-refractivity contribution in [1.29, 1.82) is 0 Å². The van der Waals surface area contributed by atoms with Crippen LogP contribution in [-0.2, 0) is 6.42 Å². The zero-order valence-electron chi connectivity index (χ0n) is 6.92. The van der Waals surface area contributed by atoms with Gasteiger partial charge in [0.15, 0.2) is 0 Å². The molecule has 0 saturated heterocycles. The molecule has 1 heterocycles. The van der Waals surface area contributed by atoms with Crippen molar-refractivity contribution in [2.45, 2.75) is 6.42 Å². The van der Waals surface area contributed by atoms with Gasteiger partial charge in [0, 0.05) is 17.0 Å². The van der Waals surface area contributed by atoms with Gasteiger partial charge in [-0.3, -0.25) is 5.10 Å². The van der Waals surface area contributed by atoms with E-state index in [2.05, 4.69) is 10.2 Å². The molecular weight excluding hydrogens is 188 g/mol. The number of aromatic nitrogens is 2. The molecule has 0 fully saturated rings. The summed E-state index contributed by atoms with van der Waals surface area (Å²) in [4.78, 5) is 0. The number of halogens is 1. The van der Waals surface area contributed by atoms with Crippen LogP contribution in [0.2, 0.25) is 5.02 Å². The van der Waals surface area contributed by atoms with Gasteiger partial charge in [0.1, 0.15) is 0 Å². The van der Waals surface area contributed by atoms with Gasteiger partial charge in [0.05, 0.1) is 11.7 Å². The van der Waals surface area contributed by atoms with Crippen LogP contribution < -0.4 is 0 Å². The summed E-state index contributed by atoms with van der Waals surface area (Å²) in [7, 11) is 0. The molecule has 1 aromatic carbocycles. The molecule has 0 atom stereocenters. The van der Waals surface area contributed by atoms with Gasteiger partial charge in [-0.2, -0.15) is 5.10 Å². The van der Waals surface area contributed by atoms with Crippen LogP contribution in [0, 0.1) is 0 Å². The van der Waals surface area contributed by atoms with Crippen molar-refractivity contribution in [3.8, 4) is 0 Å². The number of aliphatic hydroxyl groups is 1. The summed E-state index contributed by atoms with van der Waals surface area (Å²) in [6.07, 6.45) is 2.33. The minimum absolute atomic E-state index is 0.114. The first-order valence-electron chi connectivity index (χ1n) is 4.03. The Morgan fingerprint density at radius 2 is 2.31 bits per heavy atom. The van der Waals surface area contributed by atoms with Crippen LogP contribution in [0.15, 0.2) is 18.3 Å². The van der Waals surface area contributed by atoms with Gasteiger partial charge < -0.3 is 5.11 Å². The Kier molecular flexibility index (Phi) is 2.20. The van der Waals surface area contributed by atoms with E-state index in [0.717, 1.165) is 16.5 Å². The van der Waals surface area contributed by atoms with Gasteiger partial charge in [-0.05, 0) is 24.1 Å². The van der Waals surface area contributed by atoms with Crippen LogP contribution in [0.5, 0.6) is 0 Å². The van der Waals surface area contributed by atoms with E-state index in [1.165, 1.54) is 0 Å². The summed E-state index contributed by atoms with van der Waals surface area (Å²) in [6, 6.07) is 3.77. The van der Waals surface area contributed by atoms with E-state index in [1.54, 1.807) is 6.20 Å². The summed E-state index contributed by atoms with van der Waals surface area (Å²) >= 11 is 5.98. The lowest BCUT2D eigenvalue weighted by atomic mass is 10.1. The zero-order valence-corrected chi connectivity index (χ0v) is 7.67. The molecule has 4 heteroatoms. The average molecular weight is 197 g/mol. The van der Waals surface area contributed by atoms with Crippen LogP contribution in [0.4, 0.5) is 0 Å². The van der Waals surface area contributed by atoms with Crippen LogP contribution in [0.3, 0.4) is 0 Å². The van der Waals surface area contributed by atoms with Crippen molar-refractivity contribution in [3.63, 3.8) is 0 Å². The number of aromatic amines is 1. The van der Waals surface area contributed by atoms with Crippen LogP contribution >= 0.6 is 11.6 Å². The molecule has 1 aromatic heterocycles. The molecular formula is C9H9ClN2O. The van der Waals surface area contributed by atoms with E-state index >= 15 is 0 Å². The lowest BCUT2D eigenvalue weighted by Gasteiger charge is -2.01. The Bertz CT molecular complexity index is 424. The number of fused-ring (bicyclic) bond motifs is 1. The Labute approximate surface area is 80.3 Å². The third-order valence-corrected chi connectivity index (χ3v) is 2.34. The third-order valence-electron chi connectivity index (χ3n) is 1.99. The van der Waals surface area contributed by atoms with Gasteiger partial charge in [0.25, 0.3) is 0 Å². The summed E-state index contributed by atoms with van der Waals surface area (Å²) in [5, 5.41) is 17.2. The molecule has 0 spiro atoms. The van der Waals surface area contributed by atoms with E-state index < -0.39 is 0 Å². The van der Waals surface area contributed by atoms with Crippen molar-refractivity contribution in [1.82, 2.24) is 10.2 Å². The number of benzene rings is 1. The fourth-order valence-corrected chi connectivity index (χ4v) is 1.58. The topological polar surface area (TPSA) is 48.9 Å². The molecule has 0 bridgehead atoms. The Balaban J connectivity index is 2.56. The highest BCUT2D eigenvalue weighted by Crippen LogP contribution is 2.22. The Morgan fingerprint density at radius 1 is 1.46 bits per heavy atom. The first-order valence-corrected chi connectivity index (χ1v) is 4.41. The highest BCUT2D eigenvalue weighted by atomic mass is 35.5. The number of aliphatic hydroxyl groups excluding tert-OH is 1. The minimum Gasteiger partial charge on any atom is -0.396 e. The molecule has 13 heavy (non-hydrogen) atoms. The first kappa shape index (κ1) is 8.53. The summed E-state index contributed by atoms with van der Waals surface area (Å²) in [6.45, 7) is 0.114. The summed E-state index contributed by atoms with van der Waals surface area (Å²) in [5.41, 5.74) is 1.88. The smallest absolute Gasteiger partial charge is 0.0665 e. The normalized spacial score (nSPS) is 10.9. The maximum atomic E-state index is 8.78. The highest BCUT2D eigenvalue weighted by Gasteiger charge is 2.03. The van der Waals surface area contributed by atoms with Crippen molar-refractivity contribution in [2.75, 3.05) is 6.61 Å². The predicted molar refractivity (Wildman–Crippen MR) is 51.9 cm³/mol. The van der Waals surface area contributed by atoms with E-state index in [0.29, 0.717) is 11.4 Å². The molecule has 0 unspecified atom stereocenters. The van der Waals surface area contributed by atoms with Crippen molar-refractivity contribution in [2.24, 2.45) is 0 Å². The first-order chi connectivity index (χ1) is 6.31. The number of rotatable bonds is 2. The van der Waals surface area contributed by atoms with Gasteiger partial charge in [0.2, 0.25) is 0 Å². The molecule has 0 saturated carbocycles. The molecule has 68 valence electrons. The Hall–Kier alpha value is -1.06. The largest absolute Gasteiger partial charge is 0.396 e. The second-order valence-corrected chi connectivity index (χ2v) is 3.28.